The number of ether oxygens (including phenoxy) is 2. The summed E-state index contributed by atoms with van der Waals surface area (Å²) in [6.45, 7) is 6.92. The number of sulfone groups is 1. The Hall–Kier alpha value is -1.24. The third-order valence-corrected chi connectivity index (χ3v) is 6.37. The van der Waals surface area contributed by atoms with Gasteiger partial charge in [0.1, 0.15) is 5.78 Å². The lowest BCUT2D eigenvalue weighted by Crippen LogP contribution is -2.34. The van der Waals surface area contributed by atoms with E-state index in [0.29, 0.717) is 26.1 Å². The monoisotopic (exact) mass is 354 g/mol. The van der Waals surface area contributed by atoms with Gasteiger partial charge >= 0.3 is 0 Å². The third-order valence-electron chi connectivity index (χ3n) is 4.64. The van der Waals surface area contributed by atoms with E-state index in [1.165, 1.54) is 0 Å². The number of hydrogen-bond acceptors (Lipinski definition) is 5. The summed E-state index contributed by atoms with van der Waals surface area (Å²) in [5, 5.41) is 0. The van der Waals surface area contributed by atoms with Gasteiger partial charge in [0, 0.05) is 18.8 Å². The Labute approximate surface area is 144 Å². The normalized spacial score (nSPS) is 18.5. The molecule has 1 heterocycles. The first-order chi connectivity index (χ1) is 11.2. The lowest BCUT2D eigenvalue weighted by molar-refractivity contribution is -0.178. The topological polar surface area (TPSA) is 69.7 Å². The Morgan fingerprint density at radius 3 is 2.33 bits per heavy atom. The lowest BCUT2D eigenvalue weighted by Gasteiger charge is -2.29. The summed E-state index contributed by atoms with van der Waals surface area (Å²) in [4.78, 5) is 12.3. The summed E-state index contributed by atoms with van der Waals surface area (Å²) in [5.74, 6) is -0.737. The standard InChI is InChI=1S/C18H26O5S/c1-14-4-8-17(9-5-14)24(20,21)13-10-16(19)7-6-15(2)18(3)22-11-12-23-18/h4-5,8-9,15H,6-7,10-13H2,1-3H3. The molecule has 1 aliphatic rings. The average Bonchev–Trinajstić information content (AvgIpc) is 2.99. The van der Waals surface area contributed by atoms with Crippen LogP contribution >= 0.6 is 0 Å². The zero-order chi connectivity index (χ0) is 17.8. The first-order valence-electron chi connectivity index (χ1n) is 8.32. The zero-order valence-corrected chi connectivity index (χ0v) is 15.4. The molecule has 1 saturated heterocycles. The molecule has 6 heteroatoms. The average molecular weight is 354 g/mol. The van der Waals surface area contributed by atoms with E-state index >= 15 is 0 Å². The van der Waals surface area contributed by atoms with E-state index in [1.54, 1.807) is 24.3 Å². The van der Waals surface area contributed by atoms with E-state index in [2.05, 4.69) is 0 Å². The van der Waals surface area contributed by atoms with Crippen LogP contribution in [0.2, 0.25) is 0 Å². The smallest absolute Gasteiger partial charge is 0.178 e. The molecule has 0 amide bonds. The minimum atomic E-state index is -3.41. The highest BCUT2D eigenvalue weighted by Gasteiger charge is 2.36. The molecule has 0 N–H and O–H groups in total. The van der Waals surface area contributed by atoms with Crippen molar-refractivity contribution >= 4 is 15.6 Å². The van der Waals surface area contributed by atoms with Crippen molar-refractivity contribution < 1.29 is 22.7 Å². The molecule has 134 valence electrons. The largest absolute Gasteiger partial charge is 0.348 e. The fraction of sp³-hybridized carbons (Fsp3) is 0.611. The van der Waals surface area contributed by atoms with Crippen molar-refractivity contribution in [2.45, 2.75) is 50.7 Å². The molecule has 1 aromatic rings. The number of Topliss-reactive ketones (excluding diaryl/α,β-unsaturated/α-hetero) is 1. The van der Waals surface area contributed by atoms with Crippen LogP contribution in [0.5, 0.6) is 0 Å². The first-order valence-corrected chi connectivity index (χ1v) is 9.97. The molecule has 1 aliphatic heterocycles. The predicted molar refractivity (Wildman–Crippen MR) is 91.6 cm³/mol. The van der Waals surface area contributed by atoms with Gasteiger partial charge in [0.25, 0.3) is 0 Å². The fourth-order valence-electron chi connectivity index (χ4n) is 2.69. The molecular weight excluding hydrogens is 328 g/mol. The second kappa shape index (κ2) is 7.76. The molecule has 5 nitrogen and oxygen atoms in total. The Bertz CT molecular complexity index is 657. The highest BCUT2D eigenvalue weighted by Crippen LogP contribution is 2.30. The van der Waals surface area contributed by atoms with Crippen LogP contribution < -0.4 is 0 Å². The van der Waals surface area contributed by atoms with Crippen LogP contribution in [-0.4, -0.2) is 39.0 Å². The van der Waals surface area contributed by atoms with Crippen LogP contribution in [-0.2, 0) is 24.1 Å². The molecule has 2 rings (SSSR count). The molecule has 0 saturated carbocycles. The summed E-state index contributed by atoms with van der Waals surface area (Å²) in [7, 11) is -3.41. The van der Waals surface area contributed by atoms with Crippen LogP contribution in [0.1, 0.15) is 38.7 Å². The van der Waals surface area contributed by atoms with Crippen molar-refractivity contribution in [2.75, 3.05) is 19.0 Å². The second-order valence-corrected chi connectivity index (χ2v) is 8.68. The summed E-state index contributed by atoms with van der Waals surface area (Å²) in [6, 6.07) is 6.71. The number of aryl methyl sites for hydroxylation is 1. The molecule has 0 radical (unpaired) electrons. The number of rotatable bonds is 8. The van der Waals surface area contributed by atoms with E-state index in [9.17, 15) is 13.2 Å². The van der Waals surface area contributed by atoms with Gasteiger partial charge in [0.2, 0.25) is 0 Å². The Kier molecular flexibility index (Phi) is 6.17. The molecule has 0 spiro atoms. The van der Waals surface area contributed by atoms with Crippen LogP contribution in [0.4, 0.5) is 0 Å². The summed E-state index contributed by atoms with van der Waals surface area (Å²) < 4.78 is 35.7. The number of carbonyl (C=O) groups excluding carboxylic acids is 1. The van der Waals surface area contributed by atoms with Crippen molar-refractivity contribution in [3.63, 3.8) is 0 Å². The SMILES string of the molecule is Cc1ccc(S(=O)(=O)CCC(=O)CCC(C)C2(C)OCCO2)cc1. The van der Waals surface area contributed by atoms with Crippen molar-refractivity contribution in [3.8, 4) is 0 Å². The van der Waals surface area contributed by atoms with Gasteiger partial charge in [-0.05, 0) is 32.4 Å². The second-order valence-electron chi connectivity index (χ2n) is 6.57. The quantitative estimate of drug-likeness (QED) is 0.718. The van der Waals surface area contributed by atoms with Crippen LogP contribution in [0.25, 0.3) is 0 Å². The number of benzene rings is 1. The minimum absolute atomic E-state index is 0.0425. The van der Waals surface area contributed by atoms with Crippen LogP contribution in [0, 0.1) is 12.8 Å². The first kappa shape index (κ1) is 19.1. The number of ketones is 1. The molecule has 1 fully saturated rings. The van der Waals surface area contributed by atoms with Gasteiger partial charge in [-0.2, -0.15) is 0 Å². The van der Waals surface area contributed by atoms with Crippen molar-refractivity contribution in [2.24, 2.45) is 5.92 Å². The van der Waals surface area contributed by atoms with Gasteiger partial charge in [-0.3, -0.25) is 4.79 Å². The highest BCUT2D eigenvalue weighted by atomic mass is 32.2. The van der Waals surface area contributed by atoms with Crippen molar-refractivity contribution in [1.82, 2.24) is 0 Å². The van der Waals surface area contributed by atoms with E-state index < -0.39 is 15.6 Å². The van der Waals surface area contributed by atoms with Gasteiger partial charge in [0.15, 0.2) is 15.6 Å². The maximum absolute atomic E-state index is 12.3. The zero-order valence-electron chi connectivity index (χ0n) is 14.6. The lowest BCUT2D eigenvalue weighted by atomic mass is 9.95. The maximum Gasteiger partial charge on any atom is 0.178 e. The third kappa shape index (κ3) is 4.88. The van der Waals surface area contributed by atoms with Crippen molar-refractivity contribution in [3.05, 3.63) is 29.8 Å². The molecule has 1 aromatic carbocycles. The molecule has 0 bridgehead atoms. The molecule has 0 aromatic heterocycles. The Balaban J connectivity index is 1.81. The number of hydrogen-bond donors (Lipinski definition) is 0. The van der Waals surface area contributed by atoms with Crippen molar-refractivity contribution in [1.29, 1.82) is 0 Å². The van der Waals surface area contributed by atoms with E-state index in [4.69, 9.17) is 9.47 Å². The van der Waals surface area contributed by atoms with Crippen LogP contribution in [0.15, 0.2) is 29.2 Å². The molecule has 1 atom stereocenters. The molecule has 1 unspecified atom stereocenters. The van der Waals surface area contributed by atoms with Crippen LogP contribution in [0.3, 0.4) is 0 Å². The van der Waals surface area contributed by atoms with Gasteiger partial charge in [-0.1, -0.05) is 24.6 Å². The number of carbonyl (C=O) groups is 1. The van der Waals surface area contributed by atoms with E-state index in [-0.39, 0.29) is 28.8 Å². The fourth-order valence-corrected chi connectivity index (χ4v) is 3.97. The van der Waals surface area contributed by atoms with E-state index in [1.807, 2.05) is 20.8 Å². The maximum atomic E-state index is 12.3. The summed E-state index contributed by atoms with van der Waals surface area (Å²) in [5.41, 5.74) is 1.00. The van der Waals surface area contributed by atoms with Gasteiger partial charge in [-0.15, -0.1) is 0 Å². The Morgan fingerprint density at radius 1 is 1.17 bits per heavy atom. The summed E-state index contributed by atoms with van der Waals surface area (Å²) >= 11 is 0. The molecule has 24 heavy (non-hydrogen) atoms. The van der Waals surface area contributed by atoms with Gasteiger partial charge < -0.3 is 9.47 Å². The Morgan fingerprint density at radius 2 is 1.75 bits per heavy atom. The highest BCUT2D eigenvalue weighted by molar-refractivity contribution is 7.91. The molecule has 0 aliphatic carbocycles. The van der Waals surface area contributed by atoms with Gasteiger partial charge in [0.05, 0.1) is 23.9 Å². The molecular formula is C18H26O5S. The minimum Gasteiger partial charge on any atom is -0.348 e. The van der Waals surface area contributed by atoms with E-state index in [0.717, 1.165) is 5.56 Å². The predicted octanol–water partition coefficient (Wildman–Crippen LogP) is 2.91. The van der Waals surface area contributed by atoms with Gasteiger partial charge in [-0.25, -0.2) is 8.42 Å². The summed E-state index contributed by atoms with van der Waals surface area (Å²) in [6.07, 6.45) is 1.01.